The van der Waals surface area contributed by atoms with E-state index in [4.69, 9.17) is 13.3 Å². The maximum atomic E-state index is 5.54. The minimum atomic E-state index is -2.53. The lowest BCUT2D eigenvalue weighted by Gasteiger charge is -2.27. The van der Waals surface area contributed by atoms with E-state index in [0.717, 1.165) is 12.8 Å². The van der Waals surface area contributed by atoms with Crippen LogP contribution in [-0.2, 0) is 13.3 Å². The van der Waals surface area contributed by atoms with Gasteiger partial charge < -0.3 is 13.3 Å². The third-order valence-corrected chi connectivity index (χ3v) is 6.09. The molecule has 1 aliphatic carbocycles. The van der Waals surface area contributed by atoms with Gasteiger partial charge in [0.05, 0.1) is 0 Å². The van der Waals surface area contributed by atoms with E-state index in [0.29, 0.717) is 0 Å². The fourth-order valence-electron chi connectivity index (χ4n) is 2.29. The zero-order valence-corrected chi connectivity index (χ0v) is 11.8. The number of hydrogen-bond donors (Lipinski definition) is 0. The predicted octanol–water partition coefficient (Wildman–Crippen LogP) is 3.07. The first-order valence-corrected chi connectivity index (χ1v) is 7.86. The Labute approximate surface area is 100 Å². The van der Waals surface area contributed by atoms with Crippen LogP contribution in [0.15, 0.2) is 11.3 Å². The van der Waals surface area contributed by atoms with E-state index < -0.39 is 8.80 Å². The van der Waals surface area contributed by atoms with Crippen LogP contribution in [0.3, 0.4) is 0 Å². The maximum Gasteiger partial charge on any atom is 0.531 e. The van der Waals surface area contributed by atoms with Gasteiger partial charge in [0, 0.05) is 21.3 Å². The summed E-state index contributed by atoms with van der Waals surface area (Å²) >= 11 is 0. The summed E-state index contributed by atoms with van der Waals surface area (Å²) in [6.45, 7) is 0. The van der Waals surface area contributed by atoms with Gasteiger partial charge in [0.1, 0.15) is 0 Å². The zero-order chi connectivity index (χ0) is 11.9. The van der Waals surface area contributed by atoms with Gasteiger partial charge in [-0.05, 0) is 30.9 Å². The molecule has 0 unspecified atom stereocenters. The van der Waals surface area contributed by atoms with Gasteiger partial charge >= 0.3 is 8.80 Å². The lowest BCUT2D eigenvalue weighted by atomic mass is 10.1. The summed E-state index contributed by atoms with van der Waals surface area (Å²) in [5.41, 5.74) is 0. The van der Waals surface area contributed by atoms with Gasteiger partial charge in [-0.2, -0.15) is 0 Å². The topological polar surface area (TPSA) is 27.7 Å². The Morgan fingerprint density at radius 2 is 1.44 bits per heavy atom. The molecule has 0 spiro atoms. The van der Waals surface area contributed by atoms with Crippen LogP contribution >= 0.6 is 0 Å². The predicted molar refractivity (Wildman–Crippen MR) is 67.2 cm³/mol. The molecule has 0 N–H and O–H groups in total. The first-order valence-electron chi connectivity index (χ1n) is 6.14. The van der Waals surface area contributed by atoms with E-state index in [1.54, 1.807) is 21.3 Å². The average Bonchev–Trinajstić information content (AvgIpc) is 2.46. The molecule has 0 saturated heterocycles. The quantitative estimate of drug-likeness (QED) is 0.711. The van der Waals surface area contributed by atoms with Crippen molar-refractivity contribution in [3.8, 4) is 0 Å². The second-order valence-corrected chi connectivity index (χ2v) is 7.18. The molecule has 0 amide bonds. The van der Waals surface area contributed by atoms with Crippen LogP contribution in [0.4, 0.5) is 0 Å². The fourth-order valence-corrected chi connectivity index (χ4v) is 4.45. The van der Waals surface area contributed by atoms with E-state index in [2.05, 4.69) is 6.08 Å². The Morgan fingerprint density at radius 3 is 2.06 bits per heavy atom. The van der Waals surface area contributed by atoms with Crippen LogP contribution in [0.25, 0.3) is 0 Å². The molecule has 0 bridgehead atoms. The molecular formula is C12H24O3Si. The lowest BCUT2D eigenvalue weighted by molar-refractivity contribution is 0.133. The Balaban J connectivity index is 2.78. The molecule has 0 fully saturated rings. The van der Waals surface area contributed by atoms with E-state index in [-0.39, 0.29) is 0 Å². The summed E-state index contributed by atoms with van der Waals surface area (Å²) in [6.07, 6.45) is 10.9. The molecule has 0 aromatic carbocycles. The standard InChI is InChI=1S/C12H24O3Si/c1-13-16(14-2,15-3)12-10-8-6-4-5-7-9-11-12/h10H,4-9,11H2,1-3H3. The molecule has 0 atom stereocenters. The van der Waals surface area contributed by atoms with Gasteiger partial charge in [-0.3, -0.25) is 0 Å². The Bertz CT molecular complexity index is 216. The summed E-state index contributed by atoms with van der Waals surface area (Å²) in [5, 5.41) is 1.27. The highest BCUT2D eigenvalue weighted by atomic mass is 28.4. The van der Waals surface area contributed by atoms with E-state index in [1.807, 2.05) is 0 Å². The van der Waals surface area contributed by atoms with Crippen LogP contribution in [-0.4, -0.2) is 30.1 Å². The van der Waals surface area contributed by atoms with Crippen molar-refractivity contribution in [3.05, 3.63) is 11.3 Å². The summed E-state index contributed by atoms with van der Waals surface area (Å²) in [4.78, 5) is 0. The first-order chi connectivity index (χ1) is 7.79. The van der Waals surface area contributed by atoms with Crippen molar-refractivity contribution in [1.29, 1.82) is 0 Å². The molecule has 1 aliphatic rings. The molecule has 94 valence electrons. The van der Waals surface area contributed by atoms with Crippen LogP contribution in [0.5, 0.6) is 0 Å². The lowest BCUT2D eigenvalue weighted by Crippen LogP contribution is -2.45. The summed E-state index contributed by atoms with van der Waals surface area (Å²) in [6, 6.07) is 0. The Hall–Kier alpha value is -0.163. The minimum absolute atomic E-state index is 1.06. The first kappa shape index (κ1) is 13.9. The molecule has 16 heavy (non-hydrogen) atoms. The molecule has 0 aromatic heterocycles. The maximum absolute atomic E-state index is 5.54. The van der Waals surface area contributed by atoms with Crippen LogP contribution in [0, 0.1) is 0 Å². The fraction of sp³-hybridized carbons (Fsp3) is 0.833. The Kier molecular flexibility index (Phi) is 6.27. The van der Waals surface area contributed by atoms with Crippen molar-refractivity contribution in [3.63, 3.8) is 0 Å². The van der Waals surface area contributed by atoms with Crippen molar-refractivity contribution in [2.24, 2.45) is 0 Å². The summed E-state index contributed by atoms with van der Waals surface area (Å²) in [5.74, 6) is 0. The summed E-state index contributed by atoms with van der Waals surface area (Å²) < 4.78 is 16.6. The smallest absolute Gasteiger partial charge is 0.374 e. The molecule has 0 aromatic rings. The second kappa shape index (κ2) is 7.22. The van der Waals surface area contributed by atoms with Gasteiger partial charge in [0.2, 0.25) is 0 Å². The van der Waals surface area contributed by atoms with Crippen molar-refractivity contribution in [1.82, 2.24) is 0 Å². The number of rotatable bonds is 4. The van der Waals surface area contributed by atoms with Crippen molar-refractivity contribution >= 4 is 8.80 Å². The largest absolute Gasteiger partial charge is 0.531 e. The van der Waals surface area contributed by atoms with E-state index in [1.165, 1.54) is 37.3 Å². The summed E-state index contributed by atoms with van der Waals surface area (Å²) in [7, 11) is 2.53. The van der Waals surface area contributed by atoms with Gasteiger partial charge in [-0.1, -0.05) is 25.3 Å². The molecule has 0 aliphatic heterocycles. The van der Waals surface area contributed by atoms with E-state index >= 15 is 0 Å². The zero-order valence-electron chi connectivity index (χ0n) is 10.8. The van der Waals surface area contributed by atoms with Crippen LogP contribution < -0.4 is 0 Å². The average molecular weight is 244 g/mol. The second-order valence-electron chi connectivity index (χ2n) is 4.20. The van der Waals surface area contributed by atoms with Gasteiger partial charge in [0.25, 0.3) is 0 Å². The SMILES string of the molecule is CO[Si](OC)(OC)C1=CCCCCCCC1. The van der Waals surface area contributed by atoms with Crippen LogP contribution in [0.1, 0.15) is 44.9 Å². The van der Waals surface area contributed by atoms with Crippen molar-refractivity contribution in [2.75, 3.05) is 21.3 Å². The molecule has 4 heteroatoms. The monoisotopic (exact) mass is 244 g/mol. The highest BCUT2D eigenvalue weighted by molar-refractivity contribution is 6.68. The third-order valence-electron chi connectivity index (χ3n) is 3.24. The van der Waals surface area contributed by atoms with E-state index in [9.17, 15) is 0 Å². The highest BCUT2D eigenvalue weighted by Gasteiger charge is 2.42. The van der Waals surface area contributed by atoms with Gasteiger partial charge in [-0.15, -0.1) is 0 Å². The number of allylic oxidation sites excluding steroid dienone is 2. The normalized spacial score (nSPS) is 19.6. The van der Waals surface area contributed by atoms with Gasteiger partial charge in [0.15, 0.2) is 0 Å². The molecule has 0 radical (unpaired) electrons. The van der Waals surface area contributed by atoms with Crippen molar-refractivity contribution in [2.45, 2.75) is 44.9 Å². The van der Waals surface area contributed by atoms with Gasteiger partial charge in [-0.25, -0.2) is 0 Å². The Morgan fingerprint density at radius 1 is 0.875 bits per heavy atom. The molecule has 0 saturated carbocycles. The van der Waals surface area contributed by atoms with Crippen LogP contribution in [0.2, 0.25) is 0 Å². The molecule has 1 rings (SSSR count). The highest BCUT2D eigenvalue weighted by Crippen LogP contribution is 2.26. The molecule has 3 nitrogen and oxygen atoms in total. The third kappa shape index (κ3) is 3.42. The minimum Gasteiger partial charge on any atom is -0.374 e. The van der Waals surface area contributed by atoms with Crippen molar-refractivity contribution < 1.29 is 13.3 Å². The number of hydrogen-bond acceptors (Lipinski definition) is 3. The molecule has 0 heterocycles. The molecular weight excluding hydrogens is 220 g/mol.